The SMILES string of the molecule is CC1(C)OC(c2ccc(C[S+]=O)c(Cl)c2)=C(c2ccccc2)C1=O. The standard InChI is InChI=1S/C19H16ClO3S/c1-19(2)18(21)16(12-6-4-3-5-7-12)17(23-19)13-8-9-14(11-24-22)15(20)10-13/h3-10H,11H2,1-2H3/q+1. The Morgan fingerprint density at radius 2 is 1.79 bits per heavy atom. The monoisotopic (exact) mass is 359 g/mol. The number of hydrogen-bond donors (Lipinski definition) is 0. The number of benzene rings is 2. The van der Waals surface area contributed by atoms with Gasteiger partial charge in [-0.2, -0.15) is 0 Å². The molecule has 1 heterocycles. The van der Waals surface area contributed by atoms with Gasteiger partial charge in [0.05, 0.1) is 5.57 Å². The fourth-order valence-electron chi connectivity index (χ4n) is 2.70. The lowest BCUT2D eigenvalue weighted by Gasteiger charge is -2.18. The van der Waals surface area contributed by atoms with E-state index in [1.165, 1.54) is 0 Å². The number of hydrogen-bond acceptors (Lipinski definition) is 3. The number of ketones is 1. The maximum atomic E-state index is 12.8. The Kier molecular flexibility index (Phi) is 4.52. The van der Waals surface area contributed by atoms with Gasteiger partial charge in [0.1, 0.15) is 5.76 Å². The van der Waals surface area contributed by atoms with Crippen molar-refractivity contribution in [2.75, 3.05) is 0 Å². The molecular formula is C19H16ClO3S+. The number of rotatable bonds is 4. The maximum Gasteiger partial charge on any atom is 0.463 e. The molecule has 2 aromatic carbocycles. The van der Waals surface area contributed by atoms with Crippen LogP contribution in [0.25, 0.3) is 11.3 Å². The van der Waals surface area contributed by atoms with Crippen LogP contribution in [-0.4, -0.2) is 11.4 Å². The predicted octanol–water partition coefficient (Wildman–Crippen LogP) is 4.51. The second-order valence-electron chi connectivity index (χ2n) is 6.08. The molecule has 0 spiro atoms. The number of halogens is 1. The van der Waals surface area contributed by atoms with E-state index in [0.29, 0.717) is 33.8 Å². The third kappa shape index (κ3) is 2.99. The molecule has 0 aromatic heterocycles. The van der Waals surface area contributed by atoms with Crippen molar-refractivity contribution in [3.8, 4) is 0 Å². The summed E-state index contributed by atoms with van der Waals surface area (Å²) < 4.78 is 16.7. The first-order valence-corrected chi connectivity index (χ1v) is 8.80. The Morgan fingerprint density at radius 1 is 1.08 bits per heavy atom. The molecule has 3 rings (SSSR count). The van der Waals surface area contributed by atoms with Crippen molar-refractivity contribution in [1.29, 1.82) is 0 Å². The van der Waals surface area contributed by atoms with Gasteiger partial charge >= 0.3 is 11.7 Å². The molecule has 0 N–H and O–H groups in total. The first-order valence-electron chi connectivity index (χ1n) is 7.51. The minimum Gasteiger partial charge on any atom is -0.478 e. The molecule has 122 valence electrons. The molecule has 0 atom stereocenters. The van der Waals surface area contributed by atoms with Crippen LogP contribution < -0.4 is 0 Å². The zero-order chi connectivity index (χ0) is 17.3. The van der Waals surface area contributed by atoms with Gasteiger partial charge in [-0.15, -0.1) is 0 Å². The molecule has 0 saturated carbocycles. The smallest absolute Gasteiger partial charge is 0.463 e. The largest absolute Gasteiger partial charge is 0.478 e. The van der Waals surface area contributed by atoms with Crippen LogP contribution in [0.1, 0.15) is 30.5 Å². The van der Waals surface area contributed by atoms with Crippen LogP contribution >= 0.6 is 11.6 Å². The van der Waals surface area contributed by atoms with Gasteiger partial charge in [0.25, 0.3) is 5.75 Å². The lowest BCUT2D eigenvalue weighted by molar-refractivity contribution is -0.125. The number of carbonyl (C=O) groups is 1. The average molecular weight is 360 g/mol. The van der Waals surface area contributed by atoms with E-state index in [2.05, 4.69) is 0 Å². The molecule has 2 aromatic rings. The molecule has 0 saturated heterocycles. The fourth-order valence-corrected chi connectivity index (χ4v) is 3.40. The zero-order valence-corrected chi connectivity index (χ0v) is 14.9. The Hall–Kier alpha value is -2.04. The first kappa shape index (κ1) is 16.8. The summed E-state index contributed by atoms with van der Waals surface area (Å²) in [4.78, 5) is 12.8. The topological polar surface area (TPSA) is 43.4 Å². The molecule has 0 amide bonds. The van der Waals surface area contributed by atoms with Crippen LogP contribution in [0.4, 0.5) is 0 Å². The Labute approximate surface area is 149 Å². The third-order valence-corrected chi connectivity index (χ3v) is 4.73. The molecule has 1 aliphatic rings. The summed E-state index contributed by atoms with van der Waals surface area (Å²) in [6.45, 7) is 3.52. The van der Waals surface area contributed by atoms with Crippen molar-refractivity contribution < 1.29 is 13.7 Å². The van der Waals surface area contributed by atoms with Gasteiger partial charge in [-0.3, -0.25) is 4.79 Å². The van der Waals surface area contributed by atoms with E-state index in [0.717, 1.165) is 16.7 Å². The van der Waals surface area contributed by atoms with Gasteiger partial charge in [-0.25, -0.2) is 0 Å². The number of carbonyl (C=O) groups excluding carboxylic acids is 1. The summed E-state index contributed by atoms with van der Waals surface area (Å²) in [6, 6.07) is 14.9. The first-order chi connectivity index (χ1) is 11.4. The third-order valence-electron chi connectivity index (χ3n) is 3.95. The Morgan fingerprint density at radius 3 is 2.42 bits per heavy atom. The van der Waals surface area contributed by atoms with Crippen molar-refractivity contribution >= 4 is 40.4 Å². The van der Waals surface area contributed by atoms with Crippen molar-refractivity contribution in [3.63, 3.8) is 0 Å². The minimum absolute atomic E-state index is 0.0565. The summed E-state index contributed by atoms with van der Waals surface area (Å²) in [6.07, 6.45) is 0. The highest BCUT2D eigenvalue weighted by Gasteiger charge is 2.42. The summed E-state index contributed by atoms with van der Waals surface area (Å²) in [5.74, 6) is 0.771. The molecule has 0 radical (unpaired) electrons. The van der Waals surface area contributed by atoms with Gasteiger partial charge in [0.2, 0.25) is 5.78 Å². The molecule has 0 aliphatic carbocycles. The molecular weight excluding hydrogens is 344 g/mol. The molecule has 0 unspecified atom stereocenters. The molecule has 3 nitrogen and oxygen atoms in total. The molecule has 0 bridgehead atoms. The van der Waals surface area contributed by atoms with Gasteiger partial charge in [0, 0.05) is 20.4 Å². The van der Waals surface area contributed by atoms with E-state index in [9.17, 15) is 9.00 Å². The maximum absolute atomic E-state index is 12.8. The lowest BCUT2D eigenvalue weighted by atomic mass is 9.92. The van der Waals surface area contributed by atoms with E-state index in [-0.39, 0.29) is 5.78 Å². The van der Waals surface area contributed by atoms with Gasteiger partial charge in [-0.1, -0.05) is 54.1 Å². The van der Waals surface area contributed by atoms with E-state index in [1.807, 2.05) is 36.4 Å². The highest BCUT2D eigenvalue weighted by Crippen LogP contribution is 2.41. The summed E-state index contributed by atoms with van der Waals surface area (Å²) in [5, 5.41) is 0.497. The number of ether oxygens (including phenoxy) is 1. The highest BCUT2D eigenvalue weighted by molar-refractivity contribution is 7.64. The molecule has 1 aliphatic heterocycles. The molecule has 24 heavy (non-hydrogen) atoms. The Bertz CT molecular complexity index is 841. The average Bonchev–Trinajstić information content (AvgIpc) is 2.80. The van der Waals surface area contributed by atoms with Crippen molar-refractivity contribution in [2.24, 2.45) is 0 Å². The minimum atomic E-state index is -0.920. The number of Topliss-reactive ketones (excluding diaryl/α,β-unsaturated/α-hetero) is 1. The normalized spacial score (nSPS) is 16.2. The van der Waals surface area contributed by atoms with Crippen molar-refractivity contribution in [3.05, 3.63) is 70.2 Å². The van der Waals surface area contributed by atoms with Crippen LogP contribution in [0.3, 0.4) is 0 Å². The zero-order valence-electron chi connectivity index (χ0n) is 13.3. The summed E-state index contributed by atoms with van der Waals surface area (Å²) in [7, 11) is 0. The van der Waals surface area contributed by atoms with Gasteiger partial charge < -0.3 is 4.74 Å². The van der Waals surface area contributed by atoms with Crippen LogP contribution in [0, 0.1) is 0 Å². The Balaban J connectivity index is 2.15. The van der Waals surface area contributed by atoms with Gasteiger partial charge in [0.15, 0.2) is 5.60 Å². The lowest BCUT2D eigenvalue weighted by Crippen LogP contribution is -2.29. The highest BCUT2D eigenvalue weighted by atomic mass is 35.5. The van der Waals surface area contributed by atoms with E-state index >= 15 is 0 Å². The van der Waals surface area contributed by atoms with Crippen molar-refractivity contribution in [1.82, 2.24) is 0 Å². The molecule has 0 fully saturated rings. The van der Waals surface area contributed by atoms with E-state index in [4.69, 9.17) is 16.3 Å². The van der Waals surface area contributed by atoms with Crippen LogP contribution in [0.5, 0.6) is 0 Å². The summed E-state index contributed by atoms with van der Waals surface area (Å²) in [5.41, 5.74) is 1.96. The fraction of sp³-hybridized carbons (Fsp3) is 0.211. The quantitative estimate of drug-likeness (QED) is 0.754. The van der Waals surface area contributed by atoms with Crippen LogP contribution in [0.15, 0.2) is 48.5 Å². The second kappa shape index (κ2) is 6.46. The summed E-state index contributed by atoms with van der Waals surface area (Å²) >= 11 is 6.75. The second-order valence-corrected chi connectivity index (χ2v) is 7.01. The van der Waals surface area contributed by atoms with Gasteiger partial charge in [-0.05, 0) is 25.5 Å². The van der Waals surface area contributed by atoms with E-state index < -0.39 is 5.60 Å². The molecule has 5 heteroatoms. The van der Waals surface area contributed by atoms with Crippen molar-refractivity contribution in [2.45, 2.75) is 25.2 Å². The van der Waals surface area contributed by atoms with E-state index in [1.54, 1.807) is 26.0 Å². The van der Waals surface area contributed by atoms with Crippen LogP contribution in [0.2, 0.25) is 5.02 Å². The van der Waals surface area contributed by atoms with Crippen LogP contribution in [-0.2, 0) is 31.2 Å². The predicted molar refractivity (Wildman–Crippen MR) is 96.6 cm³/mol.